The first-order chi connectivity index (χ1) is 12.2. The summed E-state index contributed by atoms with van der Waals surface area (Å²) in [6.45, 7) is 5.25. The molecule has 1 aliphatic rings. The van der Waals surface area contributed by atoms with Crippen molar-refractivity contribution in [2.24, 2.45) is 0 Å². The highest BCUT2D eigenvalue weighted by atomic mass is 16.5. The largest absolute Gasteiger partial charge is 0.492 e. The molecule has 1 fully saturated rings. The van der Waals surface area contributed by atoms with E-state index in [2.05, 4.69) is 26.5 Å². The lowest BCUT2D eigenvalue weighted by atomic mass is 10.1. The summed E-state index contributed by atoms with van der Waals surface area (Å²) in [6, 6.07) is 13.8. The van der Waals surface area contributed by atoms with Crippen LogP contribution in [0.3, 0.4) is 0 Å². The predicted octanol–water partition coefficient (Wildman–Crippen LogP) is 2.29. The van der Waals surface area contributed by atoms with E-state index >= 15 is 0 Å². The molecular weight excluding hydrogens is 314 g/mol. The summed E-state index contributed by atoms with van der Waals surface area (Å²) in [5.74, 6) is 1.68. The average molecular weight is 337 g/mol. The van der Waals surface area contributed by atoms with Gasteiger partial charge in [0, 0.05) is 25.7 Å². The molecule has 1 N–H and O–H groups in total. The molecule has 3 rings (SSSR count). The van der Waals surface area contributed by atoms with Crippen molar-refractivity contribution in [1.29, 1.82) is 5.26 Å². The van der Waals surface area contributed by atoms with Crippen molar-refractivity contribution in [2.45, 2.75) is 25.8 Å². The molecule has 0 saturated carbocycles. The Bertz CT molecular complexity index is 725. The maximum absolute atomic E-state index is 8.91. The smallest absolute Gasteiger partial charge is 0.151 e. The summed E-state index contributed by atoms with van der Waals surface area (Å²) < 4.78 is 5.71. The van der Waals surface area contributed by atoms with Crippen molar-refractivity contribution >= 4 is 5.82 Å². The van der Waals surface area contributed by atoms with Crippen molar-refractivity contribution in [3.8, 4) is 11.8 Å². The van der Waals surface area contributed by atoms with Gasteiger partial charge in [-0.2, -0.15) is 10.4 Å². The van der Waals surface area contributed by atoms with E-state index in [-0.39, 0.29) is 0 Å². The molecule has 1 atom stereocenters. The van der Waals surface area contributed by atoms with Gasteiger partial charge in [-0.15, -0.1) is 5.10 Å². The number of piperidine rings is 1. The first-order valence-corrected chi connectivity index (χ1v) is 8.66. The normalized spacial score (nSPS) is 17.1. The number of benzene rings is 1. The molecule has 6 nitrogen and oxygen atoms in total. The third-order valence-electron chi connectivity index (χ3n) is 4.30. The van der Waals surface area contributed by atoms with Gasteiger partial charge >= 0.3 is 0 Å². The summed E-state index contributed by atoms with van der Waals surface area (Å²) in [5.41, 5.74) is 1.56. The van der Waals surface area contributed by atoms with Gasteiger partial charge < -0.3 is 15.0 Å². The number of aromatic nitrogens is 2. The lowest BCUT2D eigenvalue weighted by Gasteiger charge is -2.33. The second kappa shape index (κ2) is 8.45. The maximum Gasteiger partial charge on any atom is 0.151 e. The standard InChI is InChI=1S/C19H23N5O/c1-15-7-8-19(23-22-15)24-10-3-5-17(14-24)21-9-11-25-18-6-2-4-16(12-18)13-20/h2,4,6-8,12,17,21H,3,5,9-11,14H2,1H3. The Kier molecular flexibility index (Phi) is 5.81. The minimum absolute atomic E-state index is 0.422. The number of aryl methyl sites for hydroxylation is 1. The van der Waals surface area contributed by atoms with Crippen LogP contribution in [0.5, 0.6) is 5.75 Å². The molecule has 2 aromatic rings. The van der Waals surface area contributed by atoms with E-state index in [4.69, 9.17) is 10.00 Å². The molecule has 2 heterocycles. The molecule has 1 aromatic carbocycles. The van der Waals surface area contributed by atoms with Crippen LogP contribution in [0.15, 0.2) is 36.4 Å². The molecule has 0 aliphatic carbocycles. The first kappa shape index (κ1) is 17.2. The van der Waals surface area contributed by atoms with E-state index < -0.39 is 0 Å². The summed E-state index contributed by atoms with van der Waals surface area (Å²) in [6.07, 6.45) is 2.29. The third-order valence-corrected chi connectivity index (χ3v) is 4.30. The van der Waals surface area contributed by atoms with Crippen molar-refractivity contribution in [1.82, 2.24) is 15.5 Å². The number of hydrogen-bond donors (Lipinski definition) is 1. The number of anilines is 1. The highest BCUT2D eigenvalue weighted by molar-refractivity contribution is 5.38. The van der Waals surface area contributed by atoms with Crippen LogP contribution in [0.4, 0.5) is 5.82 Å². The number of ether oxygens (including phenoxy) is 1. The van der Waals surface area contributed by atoms with Crippen molar-refractivity contribution < 1.29 is 4.74 Å². The SMILES string of the molecule is Cc1ccc(N2CCCC(NCCOc3cccc(C#N)c3)C2)nn1. The summed E-state index contributed by atoms with van der Waals surface area (Å²) in [4.78, 5) is 2.28. The van der Waals surface area contributed by atoms with Gasteiger partial charge in [0.15, 0.2) is 5.82 Å². The highest BCUT2D eigenvalue weighted by Crippen LogP contribution is 2.17. The Labute approximate surface area is 148 Å². The molecule has 0 amide bonds. The Morgan fingerprint density at radius 2 is 2.24 bits per heavy atom. The predicted molar refractivity (Wildman–Crippen MR) is 96.7 cm³/mol. The molecule has 0 spiro atoms. The number of nitriles is 1. The van der Waals surface area contributed by atoms with Gasteiger partial charge in [0.1, 0.15) is 12.4 Å². The minimum Gasteiger partial charge on any atom is -0.492 e. The zero-order chi connectivity index (χ0) is 17.5. The molecule has 1 unspecified atom stereocenters. The number of nitrogens with one attached hydrogen (secondary N) is 1. The molecule has 1 aromatic heterocycles. The topological polar surface area (TPSA) is 74.1 Å². The van der Waals surface area contributed by atoms with E-state index in [1.165, 1.54) is 0 Å². The zero-order valence-corrected chi connectivity index (χ0v) is 14.5. The van der Waals surface area contributed by atoms with Crippen LogP contribution in [-0.4, -0.2) is 42.5 Å². The molecule has 0 bridgehead atoms. The molecule has 0 radical (unpaired) electrons. The molecular formula is C19H23N5O. The van der Waals surface area contributed by atoms with Gasteiger partial charge in [-0.3, -0.25) is 0 Å². The van der Waals surface area contributed by atoms with Crippen LogP contribution in [0.2, 0.25) is 0 Å². The van der Waals surface area contributed by atoms with Gasteiger partial charge in [0.2, 0.25) is 0 Å². The molecule has 25 heavy (non-hydrogen) atoms. The zero-order valence-electron chi connectivity index (χ0n) is 14.5. The second-order valence-corrected chi connectivity index (χ2v) is 6.26. The quantitative estimate of drug-likeness (QED) is 0.815. The van der Waals surface area contributed by atoms with Crippen LogP contribution in [-0.2, 0) is 0 Å². The number of rotatable bonds is 6. The first-order valence-electron chi connectivity index (χ1n) is 8.66. The average Bonchev–Trinajstić information content (AvgIpc) is 2.66. The second-order valence-electron chi connectivity index (χ2n) is 6.26. The summed E-state index contributed by atoms with van der Waals surface area (Å²) in [7, 11) is 0. The van der Waals surface area contributed by atoms with Crippen LogP contribution in [0, 0.1) is 18.3 Å². The van der Waals surface area contributed by atoms with E-state index in [0.717, 1.165) is 49.7 Å². The fraction of sp³-hybridized carbons (Fsp3) is 0.421. The van der Waals surface area contributed by atoms with E-state index in [1.807, 2.05) is 31.2 Å². The monoisotopic (exact) mass is 337 g/mol. The molecule has 6 heteroatoms. The fourth-order valence-corrected chi connectivity index (χ4v) is 3.00. The summed E-state index contributed by atoms with van der Waals surface area (Å²) >= 11 is 0. The molecule has 1 saturated heterocycles. The van der Waals surface area contributed by atoms with Crippen LogP contribution >= 0.6 is 0 Å². The number of hydrogen-bond acceptors (Lipinski definition) is 6. The van der Waals surface area contributed by atoms with E-state index in [9.17, 15) is 0 Å². The summed E-state index contributed by atoms with van der Waals surface area (Å²) in [5, 5.41) is 20.9. The lowest BCUT2D eigenvalue weighted by Crippen LogP contribution is -2.47. The lowest BCUT2D eigenvalue weighted by molar-refractivity contribution is 0.297. The highest BCUT2D eigenvalue weighted by Gasteiger charge is 2.20. The van der Waals surface area contributed by atoms with Gasteiger partial charge in [-0.05, 0) is 50.1 Å². The third kappa shape index (κ3) is 4.91. The Morgan fingerprint density at radius 3 is 3.04 bits per heavy atom. The van der Waals surface area contributed by atoms with Gasteiger partial charge in [-0.1, -0.05) is 6.07 Å². The molecule has 1 aliphatic heterocycles. The Morgan fingerprint density at radius 1 is 1.32 bits per heavy atom. The Hall–Kier alpha value is -2.65. The maximum atomic E-state index is 8.91. The minimum atomic E-state index is 0.422. The van der Waals surface area contributed by atoms with Gasteiger partial charge in [-0.25, -0.2) is 0 Å². The van der Waals surface area contributed by atoms with E-state index in [1.54, 1.807) is 12.1 Å². The van der Waals surface area contributed by atoms with Crippen molar-refractivity contribution in [2.75, 3.05) is 31.1 Å². The van der Waals surface area contributed by atoms with Crippen molar-refractivity contribution in [3.63, 3.8) is 0 Å². The van der Waals surface area contributed by atoms with Crippen LogP contribution in [0.1, 0.15) is 24.1 Å². The van der Waals surface area contributed by atoms with E-state index in [0.29, 0.717) is 18.2 Å². The van der Waals surface area contributed by atoms with Crippen LogP contribution < -0.4 is 15.0 Å². The van der Waals surface area contributed by atoms with Gasteiger partial charge in [0.25, 0.3) is 0 Å². The van der Waals surface area contributed by atoms with Crippen LogP contribution in [0.25, 0.3) is 0 Å². The van der Waals surface area contributed by atoms with Crippen molar-refractivity contribution in [3.05, 3.63) is 47.7 Å². The van der Waals surface area contributed by atoms with Gasteiger partial charge in [0.05, 0.1) is 17.3 Å². The fourth-order valence-electron chi connectivity index (χ4n) is 3.00. The number of nitrogens with zero attached hydrogens (tertiary/aromatic N) is 4. The molecule has 130 valence electrons. The Balaban J connectivity index is 1.43.